The van der Waals surface area contributed by atoms with E-state index in [1.54, 1.807) is 6.20 Å². The third-order valence-corrected chi connectivity index (χ3v) is 5.56. The normalized spacial score (nSPS) is 20.6. The van der Waals surface area contributed by atoms with Gasteiger partial charge in [-0.1, -0.05) is 0 Å². The number of anilines is 2. The molecule has 1 N–H and O–H groups in total. The molecule has 0 unspecified atom stereocenters. The topological polar surface area (TPSA) is 70.2 Å². The van der Waals surface area contributed by atoms with Gasteiger partial charge in [0.25, 0.3) is 0 Å². The SMILES string of the molecule is C[C@@H]1COCCN1c1cc(N2CCCC2)c2ccnc(-c3ccn[nH]3)c2n1. The molecule has 140 valence electrons. The average Bonchev–Trinajstić information content (AvgIpc) is 3.41. The maximum absolute atomic E-state index is 5.63. The molecule has 3 aromatic heterocycles. The highest BCUT2D eigenvalue weighted by atomic mass is 16.5. The van der Waals surface area contributed by atoms with Crippen LogP contribution in [-0.2, 0) is 4.74 Å². The van der Waals surface area contributed by atoms with Crippen LogP contribution in [0.1, 0.15) is 19.8 Å². The number of aromatic nitrogens is 4. The molecule has 0 aromatic carbocycles. The number of H-pyrrole nitrogens is 1. The summed E-state index contributed by atoms with van der Waals surface area (Å²) in [4.78, 5) is 14.5. The zero-order chi connectivity index (χ0) is 18.2. The molecule has 1 atom stereocenters. The van der Waals surface area contributed by atoms with Crippen molar-refractivity contribution in [2.45, 2.75) is 25.8 Å². The van der Waals surface area contributed by atoms with Crippen LogP contribution in [0.25, 0.3) is 22.3 Å². The van der Waals surface area contributed by atoms with Crippen molar-refractivity contribution in [1.82, 2.24) is 20.2 Å². The van der Waals surface area contributed by atoms with E-state index in [0.29, 0.717) is 6.04 Å². The van der Waals surface area contributed by atoms with E-state index in [1.807, 2.05) is 12.3 Å². The van der Waals surface area contributed by atoms with Crippen molar-refractivity contribution in [3.63, 3.8) is 0 Å². The van der Waals surface area contributed by atoms with Gasteiger partial charge in [-0.2, -0.15) is 5.10 Å². The van der Waals surface area contributed by atoms with Crippen LogP contribution in [0.2, 0.25) is 0 Å². The standard InChI is InChI=1S/C20H24N6O/c1-14-13-27-11-10-26(14)18-12-17(25-8-2-3-9-25)15-4-6-21-20(19(15)23-18)16-5-7-22-24-16/h4-7,12,14H,2-3,8-11,13H2,1H3,(H,22,24)/t14-/m1/s1. The van der Waals surface area contributed by atoms with Crippen LogP contribution in [0.3, 0.4) is 0 Å². The Kier molecular flexibility index (Phi) is 4.16. The smallest absolute Gasteiger partial charge is 0.131 e. The minimum absolute atomic E-state index is 0.308. The first-order valence-electron chi connectivity index (χ1n) is 9.70. The lowest BCUT2D eigenvalue weighted by Crippen LogP contribution is -2.44. The van der Waals surface area contributed by atoms with Crippen LogP contribution >= 0.6 is 0 Å². The van der Waals surface area contributed by atoms with Crippen molar-refractivity contribution >= 4 is 22.4 Å². The molecular weight excluding hydrogens is 340 g/mol. The van der Waals surface area contributed by atoms with Gasteiger partial charge in [0.2, 0.25) is 0 Å². The van der Waals surface area contributed by atoms with Gasteiger partial charge in [0.1, 0.15) is 17.0 Å². The molecule has 0 bridgehead atoms. The summed E-state index contributed by atoms with van der Waals surface area (Å²) >= 11 is 0. The summed E-state index contributed by atoms with van der Waals surface area (Å²) in [6, 6.07) is 6.60. The molecule has 27 heavy (non-hydrogen) atoms. The van der Waals surface area contributed by atoms with Crippen molar-refractivity contribution in [1.29, 1.82) is 0 Å². The third kappa shape index (κ3) is 2.92. The maximum atomic E-state index is 5.63. The number of pyridine rings is 2. The fourth-order valence-corrected chi connectivity index (χ4v) is 4.14. The Bertz CT molecular complexity index is 935. The highest BCUT2D eigenvalue weighted by Crippen LogP contribution is 2.36. The van der Waals surface area contributed by atoms with Crippen LogP contribution in [0.15, 0.2) is 30.6 Å². The van der Waals surface area contributed by atoms with E-state index >= 15 is 0 Å². The zero-order valence-electron chi connectivity index (χ0n) is 15.6. The monoisotopic (exact) mass is 364 g/mol. The first kappa shape index (κ1) is 16.5. The van der Waals surface area contributed by atoms with E-state index in [-0.39, 0.29) is 0 Å². The number of nitrogens with one attached hydrogen (secondary N) is 1. The van der Waals surface area contributed by atoms with Crippen LogP contribution < -0.4 is 9.80 Å². The molecule has 2 fully saturated rings. The molecular formula is C20H24N6O. The van der Waals surface area contributed by atoms with Crippen molar-refractivity contribution in [3.8, 4) is 11.4 Å². The van der Waals surface area contributed by atoms with E-state index in [2.05, 4.69) is 44.0 Å². The molecule has 5 heterocycles. The van der Waals surface area contributed by atoms with E-state index in [0.717, 1.165) is 61.0 Å². The lowest BCUT2D eigenvalue weighted by molar-refractivity contribution is 0.0986. The summed E-state index contributed by atoms with van der Waals surface area (Å²) in [5, 5.41) is 8.30. The van der Waals surface area contributed by atoms with Gasteiger partial charge in [0.05, 0.1) is 24.9 Å². The second-order valence-electron chi connectivity index (χ2n) is 7.34. The average molecular weight is 364 g/mol. The van der Waals surface area contributed by atoms with Crippen LogP contribution in [-0.4, -0.2) is 59.1 Å². The predicted molar refractivity (Wildman–Crippen MR) is 106 cm³/mol. The molecule has 7 nitrogen and oxygen atoms in total. The van der Waals surface area contributed by atoms with E-state index in [4.69, 9.17) is 9.72 Å². The van der Waals surface area contributed by atoms with Crippen LogP contribution in [0.5, 0.6) is 0 Å². The third-order valence-electron chi connectivity index (χ3n) is 5.56. The highest BCUT2D eigenvalue weighted by Gasteiger charge is 2.24. The van der Waals surface area contributed by atoms with E-state index < -0.39 is 0 Å². The van der Waals surface area contributed by atoms with Gasteiger partial charge in [-0.3, -0.25) is 10.1 Å². The Balaban J connectivity index is 1.72. The molecule has 0 saturated carbocycles. The summed E-state index contributed by atoms with van der Waals surface area (Å²) in [7, 11) is 0. The minimum atomic E-state index is 0.308. The lowest BCUT2D eigenvalue weighted by atomic mass is 10.1. The molecule has 7 heteroatoms. The summed E-state index contributed by atoms with van der Waals surface area (Å²) in [6.07, 6.45) is 6.11. The van der Waals surface area contributed by atoms with Crippen molar-refractivity contribution < 1.29 is 4.74 Å². The number of hydrogen-bond donors (Lipinski definition) is 1. The Hall–Kier alpha value is -2.67. The molecule has 5 rings (SSSR count). The second kappa shape index (κ2) is 6.81. The van der Waals surface area contributed by atoms with E-state index in [9.17, 15) is 0 Å². The molecule has 0 spiro atoms. The fraction of sp³-hybridized carbons (Fsp3) is 0.450. The maximum Gasteiger partial charge on any atom is 0.131 e. The minimum Gasteiger partial charge on any atom is -0.377 e. The van der Waals surface area contributed by atoms with Crippen LogP contribution in [0, 0.1) is 0 Å². The summed E-state index contributed by atoms with van der Waals surface area (Å²) in [5.74, 6) is 1.01. The van der Waals surface area contributed by atoms with Gasteiger partial charge in [-0.15, -0.1) is 0 Å². The lowest BCUT2D eigenvalue weighted by Gasteiger charge is -2.35. The number of nitrogens with zero attached hydrogens (tertiary/aromatic N) is 5. The first-order valence-corrected chi connectivity index (χ1v) is 9.70. The number of fused-ring (bicyclic) bond motifs is 1. The van der Waals surface area contributed by atoms with Gasteiger partial charge >= 0.3 is 0 Å². The van der Waals surface area contributed by atoms with Crippen molar-refractivity contribution in [2.24, 2.45) is 0 Å². The quantitative estimate of drug-likeness (QED) is 0.771. The number of ether oxygens (including phenoxy) is 1. The van der Waals surface area contributed by atoms with Gasteiger partial charge in [0.15, 0.2) is 0 Å². The highest BCUT2D eigenvalue weighted by molar-refractivity contribution is 6.00. The molecule has 0 amide bonds. The van der Waals surface area contributed by atoms with Gasteiger partial charge < -0.3 is 14.5 Å². The van der Waals surface area contributed by atoms with Gasteiger partial charge in [-0.05, 0) is 31.9 Å². The molecule has 0 radical (unpaired) electrons. The largest absolute Gasteiger partial charge is 0.377 e. The first-order chi connectivity index (χ1) is 13.3. The molecule has 3 aromatic rings. The van der Waals surface area contributed by atoms with Gasteiger partial charge in [0, 0.05) is 49.2 Å². The van der Waals surface area contributed by atoms with Crippen molar-refractivity contribution in [2.75, 3.05) is 42.6 Å². The number of hydrogen-bond acceptors (Lipinski definition) is 6. The second-order valence-corrected chi connectivity index (χ2v) is 7.34. The molecule has 0 aliphatic carbocycles. The number of morpholine rings is 1. The molecule has 2 aliphatic heterocycles. The summed E-state index contributed by atoms with van der Waals surface area (Å²) < 4.78 is 5.63. The molecule has 2 saturated heterocycles. The van der Waals surface area contributed by atoms with E-state index in [1.165, 1.54) is 18.5 Å². The Labute approximate surface area is 158 Å². The fourth-order valence-electron chi connectivity index (χ4n) is 4.14. The van der Waals surface area contributed by atoms with Crippen molar-refractivity contribution in [3.05, 3.63) is 30.6 Å². The number of rotatable bonds is 3. The molecule has 2 aliphatic rings. The van der Waals surface area contributed by atoms with Gasteiger partial charge in [-0.25, -0.2) is 4.98 Å². The van der Waals surface area contributed by atoms with Crippen LogP contribution in [0.4, 0.5) is 11.5 Å². The Morgan fingerprint density at radius 3 is 2.81 bits per heavy atom. The summed E-state index contributed by atoms with van der Waals surface area (Å²) in [6.45, 7) is 6.72. The Morgan fingerprint density at radius 1 is 1.15 bits per heavy atom. The number of aromatic amines is 1. The Morgan fingerprint density at radius 2 is 2.04 bits per heavy atom. The zero-order valence-corrected chi connectivity index (χ0v) is 15.6. The predicted octanol–water partition coefficient (Wildman–Crippen LogP) is 2.85. The summed E-state index contributed by atoms with van der Waals surface area (Å²) in [5.41, 5.74) is 3.94.